The normalized spacial score (nSPS) is 12.1. The van der Waals surface area contributed by atoms with Crippen LogP contribution < -0.4 is 10.5 Å². The van der Waals surface area contributed by atoms with Gasteiger partial charge in [-0.25, -0.2) is 4.79 Å². The molecule has 0 saturated carbocycles. The van der Waals surface area contributed by atoms with Gasteiger partial charge in [-0.1, -0.05) is 48.5 Å². The molecular formula is C28H32N2O5. The Balaban J connectivity index is 1.09. The molecule has 0 unspecified atom stereocenters. The van der Waals surface area contributed by atoms with Crippen molar-refractivity contribution in [2.45, 2.75) is 5.92 Å². The van der Waals surface area contributed by atoms with E-state index >= 15 is 0 Å². The maximum Gasteiger partial charge on any atom is 0.409 e. The number of hydrogen-bond acceptors (Lipinski definition) is 6. The van der Waals surface area contributed by atoms with Gasteiger partial charge >= 0.3 is 6.09 Å². The fourth-order valence-electron chi connectivity index (χ4n) is 4.10. The molecule has 0 radical (unpaired) electrons. The molecule has 4 rings (SSSR count). The van der Waals surface area contributed by atoms with Gasteiger partial charge in [0.25, 0.3) is 0 Å². The number of anilines is 1. The molecule has 1 amide bonds. The summed E-state index contributed by atoms with van der Waals surface area (Å²) in [7, 11) is 1.72. The van der Waals surface area contributed by atoms with Crippen LogP contribution in [0.25, 0.3) is 11.1 Å². The van der Waals surface area contributed by atoms with Crippen molar-refractivity contribution in [2.75, 3.05) is 59.0 Å². The second-order valence-corrected chi connectivity index (χ2v) is 8.37. The number of hydrogen-bond donors (Lipinski definition) is 1. The third kappa shape index (κ3) is 6.53. The summed E-state index contributed by atoms with van der Waals surface area (Å²) < 4.78 is 22.3. The summed E-state index contributed by atoms with van der Waals surface area (Å²) in [5.41, 5.74) is 11.2. The Kier molecular flexibility index (Phi) is 8.59. The number of nitrogens with two attached hydrogens (primary N) is 1. The number of likely N-dealkylation sites (N-methyl/N-ethyl adjacent to an activating group) is 1. The zero-order chi connectivity index (χ0) is 24.5. The summed E-state index contributed by atoms with van der Waals surface area (Å²) in [6, 6.07) is 23.8. The SMILES string of the molecule is CN(CCOCCOCCOc1ccc(N)cc1)C(=O)OCC1c2ccccc2-c2ccccc21. The van der Waals surface area contributed by atoms with E-state index in [-0.39, 0.29) is 12.0 Å². The van der Waals surface area contributed by atoms with E-state index in [0.29, 0.717) is 51.9 Å². The molecule has 1 aliphatic carbocycles. The highest BCUT2D eigenvalue weighted by molar-refractivity contribution is 5.79. The zero-order valence-corrected chi connectivity index (χ0v) is 20.0. The summed E-state index contributed by atoms with van der Waals surface area (Å²) in [5, 5.41) is 0. The van der Waals surface area contributed by atoms with E-state index in [1.54, 1.807) is 19.2 Å². The van der Waals surface area contributed by atoms with Crippen molar-refractivity contribution in [1.29, 1.82) is 0 Å². The van der Waals surface area contributed by atoms with Crippen LogP contribution in [-0.2, 0) is 14.2 Å². The first-order valence-corrected chi connectivity index (χ1v) is 11.8. The molecule has 0 bridgehead atoms. The lowest BCUT2D eigenvalue weighted by Crippen LogP contribution is -2.32. The summed E-state index contributed by atoms with van der Waals surface area (Å²) in [4.78, 5) is 14.0. The van der Waals surface area contributed by atoms with Gasteiger partial charge < -0.3 is 29.6 Å². The molecule has 35 heavy (non-hydrogen) atoms. The van der Waals surface area contributed by atoms with Crippen molar-refractivity contribution >= 4 is 11.8 Å². The number of carbonyl (C=O) groups excluding carboxylic acids is 1. The van der Waals surface area contributed by atoms with E-state index in [4.69, 9.17) is 24.7 Å². The third-order valence-corrected chi connectivity index (χ3v) is 5.97. The lowest BCUT2D eigenvalue weighted by Gasteiger charge is -2.19. The number of nitrogens with zero attached hydrogens (tertiary/aromatic N) is 1. The summed E-state index contributed by atoms with van der Waals surface area (Å²) >= 11 is 0. The van der Waals surface area contributed by atoms with Gasteiger partial charge in [-0.05, 0) is 46.5 Å². The van der Waals surface area contributed by atoms with Crippen molar-refractivity contribution in [3.05, 3.63) is 83.9 Å². The molecule has 0 atom stereocenters. The van der Waals surface area contributed by atoms with Gasteiger partial charge in [0.2, 0.25) is 0 Å². The quantitative estimate of drug-likeness (QED) is 0.305. The van der Waals surface area contributed by atoms with Crippen LogP contribution in [0.1, 0.15) is 17.0 Å². The fourth-order valence-corrected chi connectivity index (χ4v) is 4.10. The van der Waals surface area contributed by atoms with E-state index in [9.17, 15) is 4.79 Å². The molecule has 184 valence electrons. The number of carbonyl (C=O) groups is 1. The van der Waals surface area contributed by atoms with Crippen molar-refractivity contribution in [2.24, 2.45) is 0 Å². The average Bonchev–Trinajstić information content (AvgIpc) is 3.21. The van der Waals surface area contributed by atoms with Crippen molar-refractivity contribution in [1.82, 2.24) is 4.90 Å². The van der Waals surface area contributed by atoms with Crippen LogP contribution in [0.15, 0.2) is 72.8 Å². The molecule has 7 heteroatoms. The maximum absolute atomic E-state index is 12.5. The number of fused-ring (bicyclic) bond motifs is 3. The molecule has 3 aromatic rings. The monoisotopic (exact) mass is 476 g/mol. The smallest absolute Gasteiger partial charge is 0.409 e. The van der Waals surface area contributed by atoms with Gasteiger partial charge in [0.05, 0.1) is 26.4 Å². The Hall–Kier alpha value is -3.55. The van der Waals surface area contributed by atoms with E-state index in [2.05, 4.69) is 24.3 Å². The van der Waals surface area contributed by atoms with Crippen LogP contribution in [0.4, 0.5) is 10.5 Å². The Morgan fingerprint density at radius 2 is 1.37 bits per heavy atom. The molecule has 0 heterocycles. The summed E-state index contributed by atoms with van der Waals surface area (Å²) in [6.45, 7) is 2.98. The minimum absolute atomic E-state index is 0.0529. The van der Waals surface area contributed by atoms with Crippen molar-refractivity contribution in [3.8, 4) is 16.9 Å². The van der Waals surface area contributed by atoms with Gasteiger partial charge in [-0.2, -0.15) is 0 Å². The van der Waals surface area contributed by atoms with E-state index in [0.717, 1.165) is 5.75 Å². The highest BCUT2D eigenvalue weighted by Crippen LogP contribution is 2.44. The molecule has 0 saturated heterocycles. The first-order valence-electron chi connectivity index (χ1n) is 11.8. The van der Waals surface area contributed by atoms with Gasteiger partial charge in [-0.3, -0.25) is 0 Å². The molecular weight excluding hydrogens is 444 g/mol. The average molecular weight is 477 g/mol. The van der Waals surface area contributed by atoms with Gasteiger partial charge in [0, 0.05) is 25.2 Å². The van der Waals surface area contributed by atoms with Gasteiger partial charge in [0.1, 0.15) is 19.0 Å². The van der Waals surface area contributed by atoms with Crippen molar-refractivity contribution < 1.29 is 23.7 Å². The predicted octanol–water partition coefficient (Wildman–Crippen LogP) is 4.56. The minimum Gasteiger partial charge on any atom is -0.491 e. The van der Waals surface area contributed by atoms with Gasteiger partial charge in [0.15, 0.2) is 0 Å². The summed E-state index contributed by atoms with van der Waals surface area (Å²) in [5.74, 6) is 0.812. The highest BCUT2D eigenvalue weighted by Gasteiger charge is 2.29. The highest BCUT2D eigenvalue weighted by atomic mass is 16.6. The minimum atomic E-state index is -0.355. The molecule has 0 aliphatic heterocycles. The number of benzene rings is 3. The second-order valence-electron chi connectivity index (χ2n) is 8.37. The number of nitrogen functional groups attached to an aromatic ring is 1. The molecule has 0 spiro atoms. The van der Waals surface area contributed by atoms with E-state index in [1.165, 1.54) is 27.2 Å². The molecule has 0 fully saturated rings. The Bertz CT molecular complexity index is 1060. The first kappa shape index (κ1) is 24.6. The molecule has 0 aromatic heterocycles. The molecule has 2 N–H and O–H groups in total. The van der Waals surface area contributed by atoms with E-state index in [1.807, 2.05) is 36.4 Å². The predicted molar refractivity (Wildman–Crippen MR) is 136 cm³/mol. The Morgan fingerprint density at radius 1 is 0.800 bits per heavy atom. The van der Waals surface area contributed by atoms with E-state index < -0.39 is 0 Å². The number of rotatable bonds is 12. The number of ether oxygens (including phenoxy) is 4. The largest absolute Gasteiger partial charge is 0.491 e. The van der Waals surface area contributed by atoms with Gasteiger partial charge in [-0.15, -0.1) is 0 Å². The topological polar surface area (TPSA) is 83.3 Å². The molecule has 1 aliphatic rings. The van der Waals surface area contributed by atoms with Crippen LogP contribution in [0, 0.1) is 0 Å². The summed E-state index contributed by atoms with van der Waals surface area (Å²) in [6.07, 6.45) is -0.355. The van der Waals surface area contributed by atoms with Crippen LogP contribution in [0.3, 0.4) is 0 Å². The van der Waals surface area contributed by atoms with Crippen LogP contribution in [0.5, 0.6) is 5.75 Å². The first-order chi connectivity index (χ1) is 17.1. The van der Waals surface area contributed by atoms with Crippen LogP contribution in [-0.4, -0.2) is 64.2 Å². The fraction of sp³-hybridized carbons (Fsp3) is 0.321. The van der Waals surface area contributed by atoms with Crippen molar-refractivity contribution in [3.63, 3.8) is 0 Å². The maximum atomic E-state index is 12.5. The Labute approximate surface area is 206 Å². The van der Waals surface area contributed by atoms with Crippen LogP contribution in [0.2, 0.25) is 0 Å². The lowest BCUT2D eigenvalue weighted by atomic mass is 9.98. The standard InChI is InChI=1S/C28H32N2O5/c1-30(14-15-32-16-17-33-18-19-34-22-12-10-21(29)11-13-22)28(31)35-20-27-25-8-4-2-6-23(25)24-7-3-5-9-26(24)27/h2-13,27H,14-20,29H2,1H3. The zero-order valence-electron chi connectivity index (χ0n) is 20.0. The molecule has 7 nitrogen and oxygen atoms in total. The molecule has 3 aromatic carbocycles. The Morgan fingerprint density at radius 3 is 2.03 bits per heavy atom. The van der Waals surface area contributed by atoms with Crippen LogP contribution >= 0.6 is 0 Å². The third-order valence-electron chi connectivity index (χ3n) is 5.97. The number of amides is 1. The lowest BCUT2D eigenvalue weighted by molar-refractivity contribution is 0.0294. The second kappa shape index (κ2) is 12.2.